The van der Waals surface area contributed by atoms with Gasteiger partial charge in [-0.15, -0.1) is 0 Å². The molecule has 0 saturated heterocycles. The molecular weight excluding hydrogens is 382 g/mol. The summed E-state index contributed by atoms with van der Waals surface area (Å²) in [7, 11) is 1.58. The van der Waals surface area contributed by atoms with E-state index >= 15 is 0 Å². The van der Waals surface area contributed by atoms with Crippen molar-refractivity contribution < 1.29 is 13.9 Å². The second kappa shape index (κ2) is 5.63. The van der Waals surface area contributed by atoms with Gasteiger partial charge in [0.05, 0.1) is 16.1 Å². The van der Waals surface area contributed by atoms with Crippen molar-refractivity contribution in [2.75, 3.05) is 13.9 Å². The molecule has 3 heterocycles. The predicted molar refractivity (Wildman–Crippen MR) is 91.0 cm³/mol. The third-order valence-electron chi connectivity index (χ3n) is 3.32. The van der Waals surface area contributed by atoms with Crippen LogP contribution in [0.5, 0.6) is 5.75 Å². The highest BCUT2D eigenvalue weighted by Crippen LogP contribution is 2.38. The highest BCUT2D eigenvalue weighted by Gasteiger charge is 2.16. The Morgan fingerprint density at radius 3 is 3.04 bits per heavy atom. The molecule has 1 aromatic carbocycles. The van der Waals surface area contributed by atoms with Crippen molar-refractivity contribution >= 4 is 43.2 Å². The molecular formula is C15H12BrN3O3S. The summed E-state index contributed by atoms with van der Waals surface area (Å²) in [5, 5.41) is 6.21. The molecule has 0 aliphatic rings. The first kappa shape index (κ1) is 14.7. The van der Waals surface area contributed by atoms with Gasteiger partial charge in [0.25, 0.3) is 0 Å². The summed E-state index contributed by atoms with van der Waals surface area (Å²) in [4.78, 5) is 5.40. The molecule has 0 spiro atoms. The molecule has 0 radical (unpaired) electrons. The summed E-state index contributed by atoms with van der Waals surface area (Å²) in [6.07, 6.45) is 1.86. The van der Waals surface area contributed by atoms with Gasteiger partial charge in [-0.1, -0.05) is 11.3 Å². The van der Waals surface area contributed by atoms with Gasteiger partial charge in [0.1, 0.15) is 22.0 Å². The average molecular weight is 394 g/mol. The molecule has 0 saturated carbocycles. The number of fused-ring (bicyclic) bond motifs is 2. The highest BCUT2D eigenvalue weighted by atomic mass is 79.9. The van der Waals surface area contributed by atoms with E-state index in [9.17, 15) is 0 Å². The fourth-order valence-electron chi connectivity index (χ4n) is 2.37. The van der Waals surface area contributed by atoms with Gasteiger partial charge in [-0.05, 0) is 41.1 Å². The number of halogens is 1. The SMILES string of the molecule is COCOc1c(Br)ccc2oc(-c3cn4nc(C)sc4n3)cc12. The molecule has 0 bridgehead atoms. The molecule has 0 atom stereocenters. The Morgan fingerprint density at radius 1 is 1.39 bits per heavy atom. The van der Waals surface area contributed by atoms with Gasteiger partial charge in [-0.25, -0.2) is 9.50 Å². The number of methoxy groups -OCH3 is 1. The lowest BCUT2D eigenvalue weighted by molar-refractivity contribution is 0.0517. The van der Waals surface area contributed by atoms with Crippen molar-refractivity contribution in [3.63, 3.8) is 0 Å². The smallest absolute Gasteiger partial charge is 0.212 e. The first-order valence-electron chi connectivity index (χ1n) is 6.82. The van der Waals surface area contributed by atoms with Gasteiger partial charge in [0.15, 0.2) is 12.6 Å². The maximum absolute atomic E-state index is 5.92. The third kappa shape index (κ3) is 2.52. The first-order chi connectivity index (χ1) is 11.2. The zero-order valence-corrected chi connectivity index (χ0v) is 14.8. The summed E-state index contributed by atoms with van der Waals surface area (Å²) >= 11 is 5.03. The fourth-order valence-corrected chi connectivity index (χ4v) is 3.55. The second-order valence-corrected chi connectivity index (χ2v) is 6.94. The van der Waals surface area contributed by atoms with Crippen LogP contribution in [0.3, 0.4) is 0 Å². The van der Waals surface area contributed by atoms with Crippen LogP contribution in [0.2, 0.25) is 0 Å². The standard InChI is InChI=1S/C15H12BrN3O3S/c1-8-18-19-6-11(17-15(19)23-8)13-5-9-12(22-13)4-3-10(16)14(9)21-7-20-2/h3-6H,7H2,1-2H3. The van der Waals surface area contributed by atoms with Gasteiger partial charge in [0, 0.05) is 7.11 Å². The van der Waals surface area contributed by atoms with E-state index in [1.54, 1.807) is 23.0 Å². The summed E-state index contributed by atoms with van der Waals surface area (Å²) in [6, 6.07) is 5.70. The highest BCUT2D eigenvalue weighted by molar-refractivity contribution is 9.10. The maximum atomic E-state index is 5.92. The van der Waals surface area contributed by atoms with E-state index in [2.05, 4.69) is 26.0 Å². The molecule has 8 heteroatoms. The lowest BCUT2D eigenvalue weighted by Crippen LogP contribution is -1.99. The number of furan rings is 1. The number of nitrogens with zero attached hydrogens (tertiary/aromatic N) is 3. The summed E-state index contributed by atoms with van der Waals surface area (Å²) in [6.45, 7) is 2.12. The van der Waals surface area contributed by atoms with E-state index in [0.717, 1.165) is 31.1 Å². The van der Waals surface area contributed by atoms with E-state index in [0.29, 0.717) is 11.5 Å². The Labute approximate surface area is 143 Å². The number of aromatic nitrogens is 3. The van der Waals surface area contributed by atoms with Crippen LogP contribution in [0.4, 0.5) is 0 Å². The molecule has 4 aromatic rings. The van der Waals surface area contributed by atoms with Gasteiger partial charge in [-0.3, -0.25) is 0 Å². The Kier molecular flexibility index (Phi) is 3.59. The summed E-state index contributed by atoms with van der Waals surface area (Å²) in [5.41, 5.74) is 1.48. The first-order valence-corrected chi connectivity index (χ1v) is 8.43. The minimum absolute atomic E-state index is 0.168. The van der Waals surface area contributed by atoms with Crippen LogP contribution < -0.4 is 4.74 Å². The van der Waals surface area contributed by atoms with E-state index < -0.39 is 0 Å². The molecule has 0 N–H and O–H groups in total. The minimum atomic E-state index is 0.168. The van der Waals surface area contributed by atoms with Crippen LogP contribution >= 0.6 is 27.3 Å². The van der Waals surface area contributed by atoms with Crippen LogP contribution in [0.1, 0.15) is 5.01 Å². The Morgan fingerprint density at radius 2 is 2.26 bits per heavy atom. The van der Waals surface area contributed by atoms with E-state index in [-0.39, 0.29) is 6.79 Å². The van der Waals surface area contributed by atoms with Gasteiger partial charge >= 0.3 is 0 Å². The topological polar surface area (TPSA) is 61.8 Å². The van der Waals surface area contributed by atoms with Crippen LogP contribution in [-0.4, -0.2) is 28.5 Å². The number of hydrogen-bond donors (Lipinski definition) is 0. The second-order valence-electron chi connectivity index (χ2n) is 4.92. The van der Waals surface area contributed by atoms with Crippen LogP contribution in [0.25, 0.3) is 27.4 Å². The van der Waals surface area contributed by atoms with Crippen molar-refractivity contribution in [2.45, 2.75) is 6.92 Å². The van der Waals surface area contributed by atoms with Crippen molar-refractivity contribution in [1.82, 2.24) is 14.6 Å². The minimum Gasteiger partial charge on any atom is -0.466 e. The number of imidazole rings is 1. The molecule has 0 aliphatic carbocycles. The monoisotopic (exact) mass is 393 g/mol. The number of aryl methyl sites for hydroxylation is 1. The molecule has 0 aliphatic heterocycles. The van der Waals surface area contributed by atoms with Crippen LogP contribution in [0.15, 0.2) is 33.3 Å². The van der Waals surface area contributed by atoms with Crippen molar-refractivity contribution in [3.05, 3.63) is 33.9 Å². The lowest BCUT2D eigenvalue weighted by atomic mass is 10.2. The van der Waals surface area contributed by atoms with E-state index in [1.165, 1.54) is 0 Å². The van der Waals surface area contributed by atoms with E-state index in [1.807, 2.05) is 31.3 Å². The van der Waals surface area contributed by atoms with Gasteiger partial charge in [-0.2, -0.15) is 5.10 Å². The number of ether oxygens (including phenoxy) is 2. The quantitative estimate of drug-likeness (QED) is 0.484. The van der Waals surface area contributed by atoms with Crippen molar-refractivity contribution in [1.29, 1.82) is 0 Å². The molecule has 118 valence electrons. The Bertz CT molecular complexity index is 973. The molecule has 4 rings (SSSR count). The molecule has 0 fully saturated rings. The van der Waals surface area contributed by atoms with Crippen molar-refractivity contribution in [2.24, 2.45) is 0 Å². The van der Waals surface area contributed by atoms with Crippen LogP contribution in [-0.2, 0) is 4.74 Å². The van der Waals surface area contributed by atoms with Gasteiger partial charge < -0.3 is 13.9 Å². The Balaban J connectivity index is 1.82. The van der Waals surface area contributed by atoms with Gasteiger partial charge in [0.2, 0.25) is 4.96 Å². The predicted octanol–water partition coefficient (Wildman–Crippen LogP) is 4.26. The average Bonchev–Trinajstić information content (AvgIpc) is 3.18. The Hall–Kier alpha value is -1.90. The summed E-state index contributed by atoms with van der Waals surface area (Å²) < 4.78 is 19.2. The normalized spacial score (nSPS) is 11.6. The third-order valence-corrected chi connectivity index (χ3v) is 4.78. The molecule has 6 nitrogen and oxygen atoms in total. The number of benzene rings is 1. The largest absolute Gasteiger partial charge is 0.466 e. The molecule has 0 unspecified atom stereocenters. The molecule has 23 heavy (non-hydrogen) atoms. The van der Waals surface area contributed by atoms with E-state index in [4.69, 9.17) is 13.9 Å². The number of hydrogen-bond acceptors (Lipinski definition) is 6. The summed E-state index contributed by atoms with van der Waals surface area (Å²) in [5.74, 6) is 1.37. The van der Waals surface area contributed by atoms with Crippen LogP contribution in [0, 0.1) is 6.92 Å². The zero-order valence-electron chi connectivity index (χ0n) is 12.4. The fraction of sp³-hybridized carbons (Fsp3) is 0.200. The lowest BCUT2D eigenvalue weighted by Gasteiger charge is -2.07. The molecule has 3 aromatic heterocycles. The number of rotatable bonds is 4. The zero-order chi connectivity index (χ0) is 16.0. The maximum Gasteiger partial charge on any atom is 0.212 e. The molecule has 0 amide bonds. The van der Waals surface area contributed by atoms with Crippen molar-refractivity contribution in [3.8, 4) is 17.2 Å².